The summed E-state index contributed by atoms with van der Waals surface area (Å²) in [5.41, 5.74) is 0.402. The Labute approximate surface area is 127 Å². The summed E-state index contributed by atoms with van der Waals surface area (Å²) in [6, 6.07) is 9.75. The van der Waals surface area contributed by atoms with Crippen molar-refractivity contribution in [2.75, 3.05) is 4.72 Å². The van der Waals surface area contributed by atoms with Gasteiger partial charge in [0, 0.05) is 8.95 Å². The van der Waals surface area contributed by atoms with E-state index in [0.29, 0.717) is 10.2 Å². The molecule has 0 aliphatic heterocycles. The third kappa shape index (κ3) is 3.55. The van der Waals surface area contributed by atoms with E-state index in [2.05, 4.69) is 36.6 Å². The van der Waals surface area contributed by atoms with Crippen LogP contribution in [0.4, 0.5) is 10.1 Å². The number of anilines is 1. The fraction of sp³-hybridized carbons (Fsp3) is 0. The van der Waals surface area contributed by atoms with Gasteiger partial charge in [0.2, 0.25) is 0 Å². The lowest BCUT2D eigenvalue weighted by Gasteiger charge is -2.10. The van der Waals surface area contributed by atoms with Gasteiger partial charge in [-0.2, -0.15) is 0 Å². The first kappa shape index (κ1) is 14.5. The molecular weight excluding hydrogens is 401 g/mol. The lowest BCUT2D eigenvalue weighted by atomic mass is 10.3. The monoisotopic (exact) mass is 407 g/mol. The van der Waals surface area contributed by atoms with E-state index in [1.807, 2.05) is 0 Å². The molecule has 0 spiro atoms. The molecule has 0 fully saturated rings. The molecule has 0 heterocycles. The molecule has 0 saturated carbocycles. The van der Waals surface area contributed by atoms with Gasteiger partial charge in [-0.1, -0.05) is 15.9 Å². The largest absolute Gasteiger partial charge is 0.278 e. The minimum Gasteiger partial charge on any atom is -0.278 e. The van der Waals surface area contributed by atoms with E-state index in [1.54, 1.807) is 18.2 Å². The number of hydrogen-bond donors (Lipinski definition) is 1. The molecule has 7 heteroatoms. The van der Waals surface area contributed by atoms with Crippen molar-refractivity contribution in [1.82, 2.24) is 0 Å². The van der Waals surface area contributed by atoms with Crippen molar-refractivity contribution in [3.63, 3.8) is 0 Å². The Kier molecular flexibility index (Phi) is 4.27. The van der Waals surface area contributed by atoms with Crippen molar-refractivity contribution in [2.45, 2.75) is 4.90 Å². The van der Waals surface area contributed by atoms with Gasteiger partial charge in [0.1, 0.15) is 5.82 Å². The van der Waals surface area contributed by atoms with E-state index >= 15 is 0 Å². The molecule has 2 rings (SSSR count). The molecule has 0 unspecified atom stereocenters. The SMILES string of the molecule is O=S(=O)(Nc1cc(Br)ccc1Br)c1ccc(F)cc1. The zero-order chi connectivity index (χ0) is 14.0. The maximum absolute atomic E-state index is 12.8. The Bertz CT molecular complexity index is 702. The summed E-state index contributed by atoms with van der Waals surface area (Å²) in [6.07, 6.45) is 0. The lowest BCUT2D eigenvalue weighted by Crippen LogP contribution is -2.13. The topological polar surface area (TPSA) is 46.2 Å². The fourth-order valence-corrected chi connectivity index (χ4v) is 3.30. The lowest BCUT2D eigenvalue weighted by molar-refractivity contribution is 0.599. The van der Waals surface area contributed by atoms with Crippen LogP contribution in [0.15, 0.2) is 56.3 Å². The number of nitrogens with one attached hydrogen (secondary N) is 1. The van der Waals surface area contributed by atoms with Gasteiger partial charge in [0.25, 0.3) is 10.0 Å². The quantitative estimate of drug-likeness (QED) is 0.828. The third-order valence-corrected chi connectivity index (χ3v) is 4.86. The van der Waals surface area contributed by atoms with Crippen molar-refractivity contribution >= 4 is 47.6 Å². The molecule has 100 valence electrons. The predicted molar refractivity (Wildman–Crippen MR) is 79.1 cm³/mol. The standard InChI is InChI=1S/C12H8Br2FNO2S/c13-8-1-6-11(14)12(7-8)16-19(17,18)10-4-2-9(15)3-5-10/h1-7,16H. The van der Waals surface area contributed by atoms with Crippen LogP contribution in [0.5, 0.6) is 0 Å². The molecule has 2 aromatic carbocycles. The van der Waals surface area contributed by atoms with Gasteiger partial charge in [-0.15, -0.1) is 0 Å². The van der Waals surface area contributed by atoms with Gasteiger partial charge in [-0.05, 0) is 58.4 Å². The molecule has 0 aliphatic rings. The van der Waals surface area contributed by atoms with Gasteiger partial charge in [-0.25, -0.2) is 12.8 Å². The molecule has 0 aliphatic carbocycles. The summed E-state index contributed by atoms with van der Waals surface area (Å²) in [4.78, 5) is 0.000718. The highest BCUT2D eigenvalue weighted by Crippen LogP contribution is 2.28. The maximum Gasteiger partial charge on any atom is 0.261 e. The molecule has 0 atom stereocenters. The number of sulfonamides is 1. The molecule has 0 radical (unpaired) electrons. The van der Waals surface area contributed by atoms with Crippen molar-refractivity contribution in [2.24, 2.45) is 0 Å². The van der Waals surface area contributed by atoms with E-state index in [-0.39, 0.29) is 4.90 Å². The molecule has 2 aromatic rings. The highest BCUT2D eigenvalue weighted by Gasteiger charge is 2.15. The van der Waals surface area contributed by atoms with Crippen LogP contribution in [-0.4, -0.2) is 8.42 Å². The van der Waals surface area contributed by atoms with Crippen LogP contribution < -0.4 is 4.72 Å². The summed E-state index contributed by atoms with van der Waals surface area (Å²) >= 11 is 6.52. The van der Waals surface area contributed by atoms with Gasteiger partial charge in [0.15, 0.2) is 0 Å². The van der Waals surface area contributed by atoms with Crippen molar-refractivity contribution in [1.29, 1.82) is 0 Å². The molecule has 0 saturated heterocycles. The first-order valence-corrected chi connectivity index (χ1v) is 8.19. The van der Waals surface area contributed by atoms with E-state index in [9.17, 15) is 12.8 Å². The first-order valence-electron chi connectivity index (χ1n) is 5.12. The Morgan fingerprint density at radius 2 is 1.63 bits per heavy atom. The Hall–Kier alpha value is -0.920. The second-order valence-corrected chi connectivity index (χ2v) is 7.14. The summed E-state index contributed by atoms with van der Waals surface area (Å²) in [5, 5.41) is 0. The number of hydrogen-bond acceptors (Lipinski definition) is 2. The van der Waals surface area contributed by atoms with Gasteiger partial charge < -0.3 is 0 Å². The van der Waals surface area contributed by atoms with Crippen LogP contribution in [-0.2, 0) is 10.0 Å². The molecule has 19 heavy (non-hydrogen) atoms. The second kappa shape index (κ2) is 5.60. The van der Waals surface area contributed by atoms with Crippen LogP contribution >= 0.6 is 31.9 Å². The van der Waals surface area contributed by atoms with E-state index < -0.39 is 15.8 Å². The molecular formula is C12H8Br2FNO2S. The summed E-state index contributed by atoms with van der Waals surface area (Å²) in [6.45, 7) is 0. The van der Waals surface area contributed by atoms with E-state index in [1.165, 1.54) is 12.1 Å². The van der Waals surface area contributed by atoms with Crippen LogP contribution in [0.1, 0.15) is 0 Å². The minimum absolute atomic E-state index is 0.000718. The highest BCUT2D eigenvalue weighted by molar-refractivity contribution is 9.11. The Balaban J connectivity index is 2.36. The van der Waals surface area contributed by atoms with Gasteiger partial charge >= 0.3 is 0 Å². The Morgan fingerprint density at radius 3 is 2.26 bits per heavy atom. The molecule has 0 aromatic heterocycles. The average Bonchev–Trinajstić information content (AvgIpc) is 2.34. The Morgan fingerprint density at radius 1 is 1.00 bits per heavy atom. The third-order valence-electron chi connectivity index (χ3n) is 2.30. The highest BCUT2D eigenvalue weighted by atomic mass is 79.9. The first-order chi connectivity index (χ1) is 8.88. The smallest absolute Gasteiger partial charge is 0.261 e. The normalized spacial score (nSPS) is 11.3. The molecule has 3 nitrogen and oxygen atoms in total. The summed E-state index contributed by atoms with van der Waals surface area (Å²) in [5.74, 6) is -0.484. The molecule has 0 amide bonds. The van der Waals surface area contributed by atoms with Crippen LogP contribution in [0.25, 0.3) is 0 Å². The van der Waals surface area contributed by atoms with E-state index in [0.717, 1.165) is 16.6 Å². The fourth-order valence-electron chi connectivity index (χ4n) is 1.39. The van der Waals surface area contributed by atoms with Crippen LogP contribution in [0.2, 0.25) is 0 Å². The average molecular weight is 409 g/mol. The van der Waals surface area contributed by atoms with Gasteiger partial charge in [-0.3, -0.25) is 4.72 Å². The van der Waals surface area contributed by atoms with Crippen LogP contribution in [0, 0.1) is 5.82 Å². The summed E-state index contributed by atoms with van der Waals surface area (Å²) in [7, 11) is -3.74. The summed E-state index contributed by atoms with van der Waals surface area (Å²) < 4.78 is 40.8. The number of benzene rings is 2. The minimum atomic E-state index is -3.74. The van der Waals surface area contributed by atoms with Crippen molar-refractivity contribution in [3.8, 4) is 0 Å². The molecule has 1 N–H and O–H groups in total. The number of halogens is 3. The zero-order valence-corrected chi connectivity index (χ0v) is 13.4. The molecule has 0 bridgehead atoms. The van der Waals surface area contributed by atoms with Crippen LogP contribution in [0.3, 0.4) is 0 Å². The van der Waals surface area contributed by atoms with Crippen molar-refractivity contribution < 1.29 is 12.8 Å². The zero-order valence-electron chi connectivity index (χ0n) is 9.40. The van der Waals surface area contributed by atoms with Crippen molar-refractivity contribution in [3.05, 3.63) is 57.2 Å². The van der Waals surface area contributed by atoms with Gasteiger partial charge in [0.05, 0.1) is 10.6 Å². The maximum atomic E-state index is 12.8. The van der Waals surface area contributed by atoms with E-state index in [4.69, 9.17) is 0 Å². The predicted octanol–water partition coefficient (Wildman–Crippen LogP) is 4.15. The number of rotatable bonds is 3. The second-order valence-electron chi connectivity index (χ2n) is 3.68.